The molecule has 111 valence electrons. The largest absolute Gasteiger partial charge is 0.421 e. The van der Waals surface area contributed by atoms with Crippen LogP contribution in [0, 0.1) is 16.3 Å². The van der Waals surface area contributed by atoms with Gasteiger partial charge in [0.15, 0.2) is 0 Å². The second-order valence-corrected chi connectivity index (χ2v) is 5.67. The molecule has 1 radical (unpaired) electrons. The second-order valence-electron chi connectivity index (χ2n) is 4.42. The Kier molecular flexibility index (Phi) is 4.32. The number of benzene rings is 1. The normalized spacial score (nSPS) is 10.7. The van der Waals surface area contributed by atoms with Gasteiger partial charge in [0.25, 0.3) is 0 Å². The molecule has 0 fully saturated rings. The first kappa shape index (κ1) is 14.9. The minimum Gasteiger partial charge on any atom is -0.421 e. The molecule has 7 heteroatoms. The van der Waals surface area contributed by atoms with Crippen LogP contribution >= 0.6 is 22.6 Å². The lowest BCUT2D eigenvalue weighted by Gasteiger charge is -2.10. The van der Waals surface area contributed by atoms with E-state index in [0.717, 1.165) is 3.57 Å². The van der Waals surface area contributed by atoms with E-state index in [4.69, 9.17) is 4.42 Å². The van der Waals surface area contributed by atoms with Crippen LogP contribution in [-0.4, -0.2) is 15.2 Å². The van der Waals surface area contributed by atoms with Gasteiger partial charge >= 0.3 is 0 Å². The Morgan fingerprint density at radius 3 is 2.82 bits per heavy atom. The van der Waals surface area contributed by atoms with Crippen molar-refractivity contribution in [1.29, 1.82) is 0 Å². The number of aromatic nitrogens is 3. The molecule has 0 aliphatic heterocycles. The van der Waals surface area contributed by atoms with Gasteiger partial charge in [-0.05, 0) is 53.8 Å². The van der Waals surface area contributed by atoms with Gasteiger partial charge in [-0.25, -0.2) is 4.39 Å². The lowest BCUT2D eigenvalue weighted by molar-refractivity contribution is 0.520. The van der Waals surface area contributed by atoms with Crippen LogP contribution in [-0.2, 0) is 6.42 Å². The third-order valence-corrected chi connectivity index (χ3v) is 3.60. The first-order valence-corrected chi connectivity index (χ1v) is 7.53. The molecule has 3 rings (SSSR count). The molecule has 0 bridgehead atoms. The zero-order valence-corrected chi connectivity index (χ0v) is 13.5. The Hall–Kier alpha value is -2.03. The van der Waals surface area contributed by atoms with Gasteiger partial charge in [-0.2, -0.15) is 0 Å². The molecule has 2 heterocycles. The van der Waals surface area contributed by atoms with Crippen LogP contribution in [0.5, 0.6) is 0 Å². The van der Waals surface area contributed by atoms with Gasteiger partial charge in [0.1, 0.15) is 5.82 Å². The number of halogens is 2. The summed E-state index contributed by atoms with van der Waals surface area (Å²) in [7, 11) is 0. The topological polar surface area (TPSA) is 63.8 Å². The summed E-state index contributed by atoms with van der Waals surface area (Å²) >= 11 is 2.06. The number of rotatable bonds is 4. The van der Waals surface area contributed by atoms with E-state index in [-0.39, 0.29) is 5.82 Å². The third-order valence-electron chi connectivity index (χ3n) is 2.93. The summed E-state index contributed by atoms with van der Waals surface area (Å²) in [5, 5.41) is 10.9. The van der Waals surface area contributed by atoms with Gasteiger partial charge in [-0.1, -0.05) is 0 Å². The number of nitrogens with one attached hydrogen (secondary N) is 1. The van der Waals surface area contributed by atoms with Crippen LogP contribution in [0.3, 0.4) is 0 Å². The van der Waals surface area contributed by atoms with E-state index in [1.807, 2.05) is 6.07 Å². The fourth-order valence-electron chi connectivity index (χ4n) is 1.88. The molecule has 0 aliphatic rings. The van der Waals surface area contributed by atoms with Crippen molar-refractivity contribution in [2.24, 2.45) is 0 Å². The SMILES string of the molecule is [CH2]Cc1nnc(-c2ccncc2Nc2ccc(I)cc2F)o1. The fraction of sp³-hybridized carbons (Fsp3) is 0.0667. The molecular formula is C15H11FIN4O. The standard InChI is InChI=1S/C15H11FIN4O/c1-2-14-20-21-15(22-14)10-5-6-18-8-13(10)19-12-4-3-9(17)7-11(12)16/h3-8,19H,1-2H2. The maximum atomic E-state index is 14.0. The summed E-state index contributed by atoms with van der Waals surface area (Å²) in [6.45, 7) is 3.70. The maximum absolute atomic E-state index is 14.0. The highest BCUT2D eigenvalue weighted by atomic mass is 127. The van der Waals surface area contributed by atoms with Crippen LogP contribution in [0.1, 0.15) is 5.89 Å². The molecule has 2 aromatic heterocycles. The van der Waals surface area contributed by atoms with E-state index in [1.165, 1.54) is 6.07 Å². The molecule has 3 aromatic rings. The van der Waals surface area contributed by atoms with Crippen molar-refractivity contribution < 1.29 is 8.81 Å². The van der Waals surface area contributed by atoms with Gasteiger partial charge in [-0.3, -0.25) is 4.98 Å². The van der Waals surface area contributed by atoms with Crippen molar-refractivity contribution in [1.82, 2.24) is 15.2 Å². The number of pyridine rings is 1. The summed E-state index contributed by atoms with van der Waals surface area (Å²) in [5.74, 6) is 0.443. The van der Waals surface area contributed by atoms with Crippen LogP contribution in [0.25, 0.3) is 11.5 Å². The summed E-state index contributed by atoms with van der Waals surface area (Å²) in [6, 6.07) is 6.67. The Morgan fingerprint density at radius 2 is 2.09 bits per heavy atom. The first-order chi connectivity index (χ1) is 10.7. The van der Waals surface area contributed by atoms with Crippen molar-refractivity contribution in [3.63, 3.8) is 0 Å². The van der Waals surface area contributed by atoms with Crippen LogP contribution < -0.4 is 5.32 Å². The van der Waals surface area contributed by atoms with E-state index in [1.54, 1.807) is 24.5 Å². The van der Waals surface area contributed by atoms with Crippen molar-refractivity contribution in [3.05, 3.63) is 58.9 Å². The highest BCUT2D eigenvalue weighted by Gasteiger charge is 2.13. The van der Waals surface area contributed by atoms with E-state index in [0.29, 0.717) is 35.1 Å². The van der Waals surface area contributed by atoms with Crippen LogP contribution in [0.15, 0.2) is 41.1 Å². The Bertz CT molecular complexity index is 806. The van der Waals surface area contributed by atoms with Gasteiger partial charge in [0.2, 0.25) is 11.8 Å². The highest BCUT2D eigenvalue weighted by molar-refractivity contribution is 14.1. The van der Waals surface area contributed by atoms with E-state index in [2.05, 4.69) is 50.0 Å². The van der Waals surface area contributed by atoms with Gasteiger partial charge in [0.05, 0.1) is 23.1 Å². The predicted octanol–water partition coefficient (Wildman–Crippen LogP) is 4.00. The molecule has 1 aromatic carbocycles. The highest BCUT2D eigenvalue weighted by Crippen LogP contribution is 2.29. The van der Waals surface area contributed by atoms with E-state index in [9.17, 15) is 4.39 Å². The molecule has 0 spiro atoms. The minimum absolute atomic E-state index is 0.342. The molecule has 0 saturated heterocycles. The van der Waals surface area contributed by atoms with E-state index >= 15 is 0 Å². The summed E-state index contributed by atoms with van der Waals surface area (Å²) in [4.78, 5) is 4.05. The molecule has 0 saturated carbocycles. The molecule has 0 atom stereocenters. The Labute approximate surface area is 140 Å². The minimum atomic E-state index is -0.342. The first-order valence-electron chi connectivity index (χ1n) is 6.45. The van der Waals surface area contributed by atoms with Gasteiger partial charge < -0.3 is 9.73 Å². The molecule has 0 amide bonds. The maximum Gasteiger partial charge on any atom is 0.249 e. The molecule has 0 aliphatic carbocycles. The summed E-state index contributed by atoms with van der Waals surface area (Å²) in [6.07, 6.45) is 3.60. The van der Waals surface area contributed by atoms with Crippen molar-refractivity contribution in [3.8, 4) is 11.5 Å². The number of nitrogens with zero attached hydrogens (tertiary/aromatic N) is 3. The van der Waals surface area contributed by atoms with Gasteiger partial charge in [-0.15, -0.1) is 10.2 Å². The molecule has 22 heavy (non-hydrogen) atoms. The zero-order chi connectivity index (χ0) is 15.5. The smallest absolute Gasteiger partial charge is 0.249 e. The monoisotopic (exact) mass is 409 g/mol. The molecule has 5 nitrogen and oxygen atoms in total. The number of hydrogen-bond acceptors (Lipinski definition) is 5. The van der Waals surface area contributed by atoms with Crippen molar-refractivity contribution >= 4 is 34.0 Å². The average Bonchev–Trinajstić information content (AvgIpc) is 2.99. The number of anilines is 2. The predicted molar refractivity (Wildman–Crippen MR) is 89.0 cm³/mol. The Balaban J connectivity index is 1.97. The summed E-state index contributed by atoms with van der Waals surface area (Å²) in [5.41, 5.74) is 1.59. The zero-order valence-electron chi connectivity index (χ0n) is 11.4. The lowest BCUT2D eigenvalue weighted by Crippen LogP contribution is -1.97. The van der Waals surface area contributed by atoms with Gasteiger partial charge in [0, 0.05) is 16.2 Å². The second kappa shape index (κ2) is 6.39. The lowest BCUT2D eigenvalue weighted by atomic mass is 10.2. The van der Waals surface area contributed by atoms with Crippen LogP contribution in [0.4, 0.5) is 15.8 Å². The Morgan fingerprint density at radius 1 is 1.23 bits per heavy atom. The third kappa shape index (κ3) is 3.08. The molecule has 1 N–H and O–H groups in total. The van der Waals surface area contributed by atoms with Crippen molar-refractivity contribution in [2.45, 2.75) is 6.42 Å². The fourth-order valence-corrected chi connectivity index (χ4v) is 2.33. The molecular weight excluding hydrogens is 398 g/mol. The quantitative estimate of drug-likeness (QED) is 0.661. The molecule has 0 unspecified atom stereocenters. The summed E-state index contributed by atoms with van der Waals surface area (Å²) < 4.78 is 20.3. The number of hydrogen-bond donors (Lipinski definition) is 1. The van der Waals surface area contributed by atoms with E-state index < -0.39 is 0 Å². The van der Waals surface area contributed by atoms with Crippen LogP contribution in [0.2, 0.25) is 0 Å². The van der Waals surface area contributed by atoms with Crippen molar-refractivity contribution in [2.75, 3.05) is 5.32 Å². The average molecular weight is 409 g/mol.